The fourth-order valence-corrected chi connectivity index (χ4v) is 3.03. The number of nitriles is 1. The molecule has 0 unspecified atom stereocenters. The van der Waals surface area contributed by atoms with E-state index in [-0.39, 0.29) is 11.7 Å². The van der Waals surface area contributed by atoms with Gasteiger partial charge < -0.3 is 17.4 Å². The predicted octanol–water partition coefficient (Wildman–Crippen LogP) is 3.36. The molecule has 0 amide bonds. The average Bonchev–Trinajstić information content (AvgIpc) is 2.46. The number of aliphatic imine (C=N–C) groups is 1. The van der Waals surface area contributed by atoms with Gasteiger partial charge in [-0.25, -0.2) is 4.79 Å². The van der Waals surface area contributed by atoms with E-state index in [2.05, 4.69) is 11.1 Å². The molecule has 2 rings (SSSR count). The van der Waals surface area contributed by atoms with Crippen LogP contribution in [0, 0.1) is 17.2 Å². The first kappa shape index (κ1) is 16.5. The van der Waals surface area contributed by atoms with E-state index in [0.717, 1.165) is 5.56 Å². The Morgan fingerprint density at radius 2 is 2.27 bits per heavy atom. The summed E-state index contributed by atoms with van der Waals surface area (Å²) in [4.78, 5) is 16.5. The van der Waals surface area contributed by atoms with Gasteiger partial charge in [0.1, 0.15) is 0 Å². The Kier molecular flexibility index (Phi) is 5.17. The van der Waals surface area contributed by atoms with Crippen LogP contribution in [0.3, 0.4) is 0 Å². The molecule has 114 valence electrons. The van der Waals surface area contributed by atoms with Gasteiger partial charge in [-0.05, 0) is 31.5 Å². The van der Waals surface area contributed by atoms with Crippen LogP contribution in [0.1, 0.15) is 25.3 Å². The van der Waals surface area contributed by atoms with Crippen LogP contribution in [0.25, 0.3) is 0 Å². The molecule has 1 aromatic carbocycles. The van der Waals surface area contributed by atoms with E-state index in [1.165, 1.54) is 0 Å². The van der Waals surface area contributed by atoms with Crippen LogP contribution in [-0.2, 0) is 22.2 Å². The molecule has 1 aromatic rings. The van der Waals surface area contributed by atoms with Crippen LogP contribution < -0.4 is 0 Å². The largest absolute Gasteiger partial charge is 0.763 e. The molecular formula is C16H14ClN2O2S-. The fraction of sp³-hybridized carbons (Fsp3) is 0.312. The summed E-state index contributed by atoms with van der Waals surface area (Å²) in [5.41, 5.74) is 1.60. The third-order valence-electron chi connectivity index (χ3n) is 3.42. The van der Waals surface area contributed by atoms with Crippen molar-refractivity contribution < 1.29 is 9.53 Å². The molecule has 0 radical (unpaired) electrons. The molecule has 6 heteroatoms. The van der Waals surface area contributed by atoms with Gasteiger partial charge in [0.15, 0.2) is 0 Å². The Balaban J connectivity index is 2.61. The first-order chi connectivity index (χ1) is 10.5. The molecule has 1 aliphatic rings. The van der Waals surface area contributed by atoms with E-state index in [0.29, 0.717) is 16.3 Å². The van der Waals surface area contributed by atoms with Crippen molar-refractivity contribution in [2.75, 3.05) is 6.61 Å². The molecule has 1 heterocycles. The lowest BCUT2D eigenvalue weighted by atomic mass is 9.79. The van der Waals surface area contributed by atoms with Gasteiger partial charge in [-0.15, -0.1) is 0 Å². The van der Waals surface area contributed by atoms with Gasteiger partial charge in [0.2, 0.25) is 0 Å². The van der Waals surface area contributed by atoms with Gasteiger partial charge in [0.05, 0.1) is 24.2 Å². The number of carbonyl (C=O) groups is 1. The van der Waals surface area contributed by atoms with Crippen molar-refractivity contribution in [3.8, 4) is 6.07 Å². The smallest absolute Gasteiger partial charge is 0.336 e. The number of rotatable bonds is 3. The number of hydrogen-bond donors (Lipinski definition) is 0. The van der Waals surface area contributed by atoms with Gasteiger partial charge in [0, 0.05) is 16.6 Å². The monoisotopic (exact) mass is 333 g/mol. The molecule has 0 fully saturated rings. The number of nitrogens with zero attached hydrogens (tertiary/aromatic N) is 2. The normalized spacial score (nSPS) is 21.1. The minimum atomic E-state index is -0.698. The summed E-state index contributed by atoms with van der Waals surface area (Å²) >= 11 is 11.3. The molecule has 4 nitrogen and oxygen atoms in total. The maximum absolute atomic E-state index is 12.3. The molecule has 0 saturated heterocycles. The number of hydrogen-bond acceptors (Lipinski definition) is 5. The van der Waals surface area contributed by atoms with Crippen LogP contribution in [0.15, 0.2) is 40.5 Å². The first-order valence-electron chi connectivity index (χ1n) is 6.78. The van der Waals surface area contributed by atoms with Crippen molar-refractivity contribution in [3.05, 3.63) is 46.1 Å². The Bertz CT molecular complexity index is 706. The topological polar surface area (TPSA) is 62.4 Å². The molecule has 0 aliphatic carbocycles. The lowest BCUT2D eigenvalue weighted by Gasteiger charge is -2.33. The van der Waals surface area contributed by atoms with Crippen molar-refractivity contribution in [2.24, 2.45) is 10.9 Å². The molecule has 0 N–H and O–H groups in total. The van der Waals surface area contributed by atoms with E-state index in [1.54, 1.807) is 32.0 Å². The molecular weight excluding hydrogens is 320 g/mol. The van der Waals surface area contributed by atoms with Crippen molar-refractivity contribution in [1.29, 1.82) is 5.26 Å². The summed E-state index contributed by atoms with van der Waals surface area (Å²) in [6.45, 7) is 3.68. The highest BCUT2D eigenvalue weighted by Gasteiger charge is 2.35. The zero-order valence-corrected chi connectivity index (χ0v) is 13.7. The second kappa shape index (κ2) is 6.91. The summed E-state index contributed by atoms with van der Waals surface area (Å²) in [7, 11) is 0. The van der Waals surface area contributed by atoms with E-state index in [1.807, 2.05) is 6.07 Å². The first-order valence-corrected chi connectivity index (χ1v) is 7.56. The summed E-state index contributed by atoms with van der Waals surface area (Å²) in [6, 6.07) is 9.21. The van der Waals surface area contributed by atoms with E-state index >= 15 is 0 Å². The summed E-state index contributed by atoms with van der Waals surface area (Å²) in [6.07, 6.45) is 0. The van der Waals surface area contributed by atoms with Gasteiger partial charge in [-0.2, -0.15) is 5.26 Å². The summed E-state index contributed by atoms with van der Waals surface area (Å²) in [5, 5.41) is 10.3. The SMILES string of the molecule is CCOC(=O)C1=C(C)N=C([S-])[C@H](C#N)[C@@H]1c1cccc(Cl)c1. The number of benzene rings is 1. The Labute approximate surface area is 139 Å². The zero-order chi connectivity index (χ0) is 16.3. The van der Waals surface area contributed by atoms with Crippen molar-refractivity contribution in [1.82, 2.24) is 0 Å². The molecule has 22 heavy (non-hydrogen) atoms. The van der Waals surface area contributed by atoms with E-state index in [9.17, 15) is 10.1 Å². The minimum Gasteiger partial charge on any atom is -0.763 e. The average molecular weight is 334 g/mol. The Morgan fingerprint density at radius 1 is 1.55 bits per heavy atom. The molecule has 0 saturated carbocycles. The van der Waals surface area contributed by atoms with Gasteiger partial charge in [-0.1, -0.05) is 28.8 Å². The Morgan fingerprint density at radius 3 is 2.86 bits per heavy atom. The van der Waals surface area contributed by atoms with E-state index in [4.69, 9.17) is 29.0 Å². The summed E-state index contributed by atoms with van der Waals surface area (Å²) < 4.78 is 5.12. The van der Waals surface area contributed by atoms with E-state index < -0.39 is 17.8 Å². The van der Waals surface area contributed by atoms with Crippen LogP contribution in [0.2, 0.25) is 5.02 Å². The van der Waals surface area contributed by atoms with Crippen LogP contribution in [0.5, 0.6) is 0 Å². The van der Waals surface area contributed by atoms with Crippen LogP contribution in [-0.4, -0.2) is 17.6 Å². The maximum Gasteiger partial charge on any atom is 0.336 e. The quantitative estimate of drug-likeness (QED) is 0.628. The van der Waals surface area contributed by atoms with Crippen LogP contribution >= 0.6 is 11.6 Å². The number of carbonyl (C=O) groups excluding carboxylic acids is 1. The second-order valence-corrected chi connectivity index (χ2v) is 5.66. The maximum atomic E-state index is 12.3. The number of esters is 1. The minimum absolute atomic E-state index is 0.250. The molecule has 0 aromatic heterocycles. The van der Waals surface area contributed by atoms with Crippen molar-refractivity contribution in [2.45, 2.75) is 19.8 Å². The standard InChI is InChI=1S/C16H15ClN2O2S/c1-3-21-16(20)13-9(2)19-15(22)12(8-18)14(13)10-5-4-6-11(17)7-10/h4-7,12,14H,3H2,1-2H3,(H,19,22)/p-1/t12-,14+/m1/s1. The predicted molar refractivity (Wildman–Crippen MR) is 87.4 cm³/mol. The molecule has 0 bridgehead atoms. The number of allylic oxidation sites excluding steroid dienone is 1. The van der Waals surface area contributed by atoms with Crippen molar-refractivity contribution >= 4 is 35.2 Å². The third-order valence-corrected chi connectivity index (χ3v) is 4.00. The fourth-order valence-electron chi connectivity index (χ4n) is 2.50. The third kappa shape index (κ3) is 3.13. The second-order valence-electron chi connectivity index (χ2n) is 4.81. The van der Waals surface area contributed by atoms with Gasteiger partial charge >= 0.3 is 5.97 Å². The lowest BCUT2D eigenvalue weighted by Crippen LogP contribution is -2.29. The van der Waals surface area contributed by atoms with Gasteiger partial charge in [0.25, 0.3) is 0 Å². The highest BCUT2D eigenvalue weighted by molar-refractivity contribution is 7.77. The van der Waals surface area contributed by atoms with Crippen LogP contribution in [0.4, 0.5) is 0 Å². The number of halogens is 1. The Hall–Kier alpha value is -1.90. The lowest BCUT2D eigenvalue weighted by molar-refractivity contribution is -0.139. The highest BCUT2D eigenvalue weighted by atomic mass is 35.5. The zero-order valence-electron chi connectivity index (χ0n) is 12.2. The van der Waals surface area contributed by atoms with Crippen molar-refractivity contribution in [3.63, 3.8) is 0 Å². The molecule has 0 spiro atoms. The molecule has 2 atom stereocenters. The number of ether oxygens (including phenoxy) is 1. The summed E-state index contributed by atoms with van der Waals surface area (Å²) in [5.74, 6) is -1.69. The van der Waals surface area contributed by atoms with Gasteiger partial charge in [-0.3, -0.25) is 4.99 Å². The highest BCUT2D eigenvalue weighted by Crippen LogP contribution is 2.39. The molecule has 1 aliphatic heterocycles.